The average Bonchev–Trinajstić information content (AvgIpc) is 2.82. The molecule has 0 bridgehead atoms. The molecule has 0 aromatic heterocycles. The number of hydrogen-bond acceptors (Lipinski definition) is 5. The van der Waals surface area contributed by atoms with Crippen LogP contribution in [-0.4, -0.2) is 74.8 Å². The molecule has 0 unspecified atom stereocenters. The van der Waals surface area contributed by atoms with E-state index in [2.05, 4.69) is 22.5 Å². The van der Waals surface area contributed by atoms with Crippen LogP contribution in [0.5, 0.6) is 5.75 Å². The summed E-state index contributed by atoms with van der Waals surface area (Å²) in [6.07, 6.45) is -0.171. The van der Waals surface area contributed by atoms with Crippen LogP contribution in [0.15, 0.2) is 36.4 Å². The molecular formula is C25H32F2N4O4. The van der Waals surface area contributed by atoms with Gasteiger partial charge in [0.2, 0.25) is 0 Å². The fraction of sp³-hybridized carbons (Fsp3) is 0.440. The summed E-state index contributed by atoms with van der Waals surface area (Å²) in [6.45, 7) is 5.63. The number of fused-ring (bicyclic) bond motifs is 1. The van der Waals surface area contributed by atoms with Crippen LogP contribution >= 0.6 is 0 Å². The van der Waals surface area contributed by atoms with Crippen LogP contribution in [0.1, 0.15) is 24.2 Å². The topological polar surface area (TPSA) is 83.1 Å². The van der Waals surface area contributed by atoms with Gasteiger partial charge in [-0.15, -0.1) is 0 Å². The molecule has 0 saturated heterocycles. The third-order valence-electron chi connectivity index (χ3n) is 6.19. The Bertz CT molecular complexity index is 1070. The molecule has 3 amide bonds. The Hall–Kier alpha value is -3.24. The molecule has 8 nitrogen and oxygen atoms in total. The molecule has 0 saturated carbocycles. The van der Waals surface area contributed by atoms with Gasteiger partial charge in [0.25, 0.3) is 5.91 Å². The number of hydrogen-bond donors (Lipinski definition) is 2. The number of nitrogens with one attached hydrogen (secondary N) is 2. The van der Waals surface area contributed by atoms with Crippen molar-refractivity contribution in [3.05, 3.63) is 53.6 Å². The third kappa shape index (κ3) is 6.67. The van der Waals surface area contributed by atoms with Crippen LogP contribution in [0.25, 0.3) is 0 Å². The highest BCUT2D eigenvalue weighted by molar-refractivity contribution is 6.02. The van der Waals surface area contributed by atoms with Gasteiger partial charge in [0, 0.05) is 45.0 Å². The zero-order chi connectivity index (χ0) is 25.7. The number of rotatable bonds is 3. The van der Waals surface area contributed by atoms with Gasteiger partial charge in [0.1, 0.15) is 24.0 Å². The number of amides is 3. The van der Waals surface area contributed by atoms with Crippen molar-refractivity contribution in [2.45, 2.75) is 26.0 Å². The summed E-state index contributed by atoms with van der Waals surface area (Å²) in [7, 11) is 5.34. The Morgan fingerprint density at radius 1 is 1.09 bits per heavy atom. The van der Waals surface area contributed by atoms with Gasteiger partial charge >= 0.3 is 6.03 Å². The number of carbonyl (C=O) groups is 2. The number of likely N-dealkylation sites (N-methyl/N-ethyl adjacent to an activating group) is 2. The van der Waals surface area contributed by atoms with E-state index in [1.807, 2.05) is 14.0 Å². The second kappa shape index (κ2) is 11.5. The molecular weight excluding hydrogens is 458 g/mol. The zero-order valence-corrected chi connectivity index (χ0v) is 20.6. The molecule has 2 aromatic carbocycles. The Labute approximate surface area is 204 Å². The van der Waals surface area contributed by atoms with Crippen LogP contribution in [0.3, 0.4) is 0 Å². The van der Waals surface area contributed by atoms with E-state index in [0.717, 1.165) is 24.7 Å². The third-order valence-corrected chi connectivity index (χ3v) is 6.19. The quantitative estimate of drug-likeness (QED) is 0.679. The Kier molecular flexibility index (Phi) is 8.63. The summed E-state index contributed by atoms with van der Waals surface area (Å²) in [6, 6.07) is 6.74. The van der Waals surface area contributed by atoms with Gasteiger partial charge in [-0.2, -0.15) is 0 Å². The number of methoxy groups -OCH3 is 1. The summed E-state index contributed by atoms with van der Waals surface area (Å²) in [5.74, 6) is -1.20. The van der Waals surface area contributed by atoms with E-state index in [9.17, 15) is 18.4 Å². The maximum Gasteiger partial charge on any atom is 0.323 e. The lowest BCUT2D eigenvalue weighted by Gasteiger charge is -2.34. The second-order valence-electron chi connectivity index (χ2n) is 8.95. The second-order valence-corrected chi connectivity index (χ2v) is 8.95. The first-order valence-corrected chi connectivity index (χ1v) is 11.4. The molecule has 3 atom stereocenters. The predicted molar refractivity (Wildman–Crippen MR) is 130 cm³/mol. The number of nitrogens with zero attached hydrogens (tertiary/aromatic N) is 2. The first kappa shape index (κ1) is 26.4. The number of anilines is 2. The van der Waals surface area contributed by atoms with E-state index < -0.39 is 17.7 Å². The van der Waals surface area contributed by atoms with Crippen molar-refractivity contribution in [1.29, 1.82) is 0 Å². The Morgan fingerprint density at radius 2 is 1.83 bits per heavy atom. The molecule has 1 heterocycles. The lowest BCUT2D eigenvalue weighted by molar-refractivity contribution is 0.0150. The first-order chi connectivity index (χ1) is 16.6. The van der Waals surface area contributed by atoms with Crippen molar-refractivity contribution in [2.24, 2.45) is 5.92 Å². The minimum Gasteiger partial charge on any atom is -0.491 e. The number of ether oxygens (including phenoxy) is 2. The number of halogens is 2. The molecule has 1 aliphatic rings. The van der Waals surface area contributed by atoms with E-state index in [-0.39, 0.29) is 40.9 Å². The Balaban J connectivity index is 1.86. The fourth-order valence-electron chi connectivity index (χ4n) is 3.91. The van der Waals surface area contributed by atoms with E-state index in [4.69, 9.17) is 9.47 Å². The molecule has 190 valence electrons. The van der Waals surface area contributed by atoms with E-state index >= 15 is 0 Å². The normalized spacial score (nSPS) is 21.9. The van der Waals surface area contributed by atoms with Crippen LogP contribution in [-0.2, 0) is 4.74 Å². The van der Waals surface area contributed by atoms with E-state index in [1.165, 1.54) is 6.07 Å². The summed E-state index contributed by atoms with van der Waals surface area (Å²) >= 11 is 0. The smallest absolute Gasteiger partial charge is 0.323 e. The van der Waals surface area contributed by atoms with Gasteiger partial charge in [-0.25, -0.2) is 13.6 Å². The number of benzene rings is 2. The maximum atomic E-state index is 13.9. The van der Waals surface area contributed by atoms with Gasteiger partial charge in [-0.05, 0) is 50.2 Å². The Morgan fingerprint density at radius 3 is 2.54 bits per heavy atom. The summed E-state index contributed by atoms with van der Waals surface area (Å²) in [5.41, 5.74) is 0.253. The molecule has 0 radical (unpaired) electrons. The predicted octanol–water partition coefficient (Wildman–Crippen LogP) is 4.04. The van der Waals surface area contributed by atoms with Crippen molar-refractivity contribution < 1.29 is 27.8 Å². The SMILES string of the molecule is CO[C@H]1CN(C)C(=O)c2cc(NC(=O)Nc3cc(F)ccc3F)ccc2OC[C@H](C)N(C)C[C@H]1C. The molecule has 35 heavy (non-hydrogen) atoms. The molecule has 0 aliphatic carbocycles. The summed E-state index contributed by atoms with van der Waals surface area (Å²) in [4.78, 5) is 29.5. The number of urea groups is 1. The van der Waals surface area contributed by atoms with Gasteiger partial charge in [-0.3, -0.25) is 9.69 Å². The lowest BCUT2D eigenvalue weighted by atomic mass is 10.0. The van der Waals surface area contributed by atoms with Gasteiger partial charge in [-0.1, -0.05) is 6.92 Å². The maximum absolute atomic E-state index is 13.9. The molecule has 10 heteroatoms. The van der Waals surface area contributed by atoms with Crippen LogP contribution in [0.4, 0.5) is 25.0 Å². The molecule has 0 spiro atoms. The molecule has 2 N–H and O–H groups in total. The molecule has 3 rings (SSSR count). The molecule has 0 fully saturated rings. The van der Waals surface area contributed by atoms with Crippen molar-refractivity contribution in [1.82, 2.24) is 9.80 Å². The fourth-order valence-corrected chi connectivity index (χ4v) is 3.91. The summed E-state index contributed by atoms with van der Waals surface area (Å²) < 4.78 is 38.9. The highest BCUT2D eigenvalue weighted by Gasteiger charge is 2.27. The first-order valence-electron chi connectivity index (χ1n) is 11.4. The van der Waals surface area contributed by atoms with Crippen LogP contribution < -0.4 is 15.4 Å². The van der Waals surface area contributed by atoms with Crippen molar-refractivity contribution >= 4 is 23.3 Å². The van der Waals surface area contributed by atoms with Crippen LogP contribution in [0, 0.1) is 17.6 Å². The standard InChI is InChI=1S/C25H32F2N4O4/c1-15-12-30(3)16(2)14-35-22-9-7-18(11-19(22)24(32)31(4)13-23(15)34-5)28-25(33)29-21-10-17(26)6-8-20(21)27/h6-11,15-16,23H,12-14H2,1-5H3,(H2,28,29,33)/t15-,16+,23+/m1/s1. The molecule has 2 aromatic rings. The zero-order valence-electron chi connectivity index (χ0n) is 20.6. The minimum atomic E-state index is -0.784. The highest BCUT2D eigenvalue weighted by Crippen LogP contribution is 2.26. The van der Waals surface area contributed by atoms with Crippen molar-refractivity contribution in [2.75, 3.05) is 51.5 Å². The highest BCUT2D eigenvalue weighted by atomic mass is 19.1. The van der Waals surface area contributed by atoms with Crippen molar-refractivity contribution in [3.8, 4) is 5.75 Å². The average molecular weight is 491 g/mol. The van der Waals surface area contributed by atoms with Crippen LogP contribution in [0.2, 0.25) is 0 Å². The monoisotopic (exact) mass is 490 g/mol. The van der Waals surface area contributed by atoms with Crippen molar-refractivity contribution in [3.63, 3.8) is 0 Å². The minimum absolute atomic E-state index is 0.0832. The molecule has 1 aliphatic heterocycles. The largest absolute Gasteiger partial charge is 0.491 e. The van der Waals surface area contributed by atoms with Gasteiger partial charge < -0.3 is 25.0 Å². The summed E-state index contributed by atoms with van der Waals surface area (Å²) in [5, 5.41) is 4.82. The van der Waals surface area contributed by atoms with E-state index in [0.29, 0.717) is 18.9 Å². The van der Waals surface area contributed by atoms with E-state index in [1.54, 1.807) is 31.2 Å². The van der Waals surface area contributed by atoms with Gasteiger partial charge in [0.05, 0.1) is 17.4 Å². The van der Waals surface area contributed by atoms with Gasteiger partial charge in [0.15, 0.2) is 0 Å². The number of carbonyl (C=O) groups excluding carboxylic acids is 2. The lowest BCUT2D eigenvalue weighted by Crippen LogP contribution is -2.45.